The Kier molecular flexibility index (Phi) is 3.00. The van der Waals surface area contributed by atoms with Crippen molar-refractivity contribution in [3.63, 3.8) is 0 Å². The van der Waals surface area contributed by atoms with Gasteiger partial charge >= 0.3 is 0 Å². The van der Waals surface area contributed by atoms with Crippen LogP contribution in [0.3, 0.4) is 0 Å². The molecule has 0 fully saturated rings. The lowest BCUT2D eigenvalue weighted by molar-refractivity contribution is 1.27. The summed E-state index contributed by atoms with van der Waals surface area (Å²) in [6.45, 7) is 4.00. The fourth-order valence-electron chi connectivity index (χ4n) is 3.48. The van der Waals surface area contributed by atoms with E-state index in [0.717, 1.165) is 6.42 Å². The molecule has 1 heterocycles. The Morgan fingerprint density at radius 3 is 2.36 bits per heavy atom. The van der Waals surface area contributed by atoms with Crippen LogP contribution in [0.5, 0.6) is 0 Å². The fraction of sp³-hybridized carbons (Fsp3) is 0.143. The second-order valence-corrected chi connectivity index (χ2v) is 5.56. The molecule has 22 heavy (non-hydrogen) atoms. The molecular weight excluding hydrogens is 266 g/mol. The van der Waals surface area contributed by atoms with Crippen molar-refractivity contribution in [2.24, 2.45) is 0 Å². The number of hydrogen-bond donors (Lipinski definition) is 1. The summed E-state index contributed by atoms with van der Waals surface area (Å²) in [5.41, 5.74) is 8.13. The molecule has 1 aliphatic rings. The minimum absolute atomic E-state index is 1.06. The molecule has 0 amide bonds. The van der Waals surface area contributed by atoms with Crippen LogP contribution in [-0.4, -0.2) is 4.98 Å². The summed E-state index contributed by atoms with van der Waals surface area (Å²) in [4.78, 5) is 3.54. The molecule has 108 valence electrons. The Labute approximate surface area is 130 Å². The van der Waals surface area contributed by atoms with Gasteiger partial charge in [0.05, 0.1) is 0 Å². The largest absolute Gasteiger partial charge is 0.354 e. The second kappa shape index (κ2) is 5.03. The molecule has 1 aliphatic carbocycles. The zero-order valence-electron chi connectivity index (χ0n) is 13.0. The van der Waals surface area contributed by atoms with Crippen molar-refractivity contribution in [2.45, 2.75) is 20.3 Å². The number of nitrogens with one attached hydrogen (secondary N) is 1. The number of hydrogen-bond acceptors (Lipinski definition) is 0. The van der Waals surface area contributed by atoms with E-state index in [1.165, 1.54) is 44.1 Å². The van der Waals surface area contributed by atoms with Gasteiger partial charge < -0.3 is 4.98 Å². The molecule has 0 spiro atoms. The van der Waals surface area contributed by atoms with Crippen molar-refractivity contribution in [1.82, 2.24) is 4.98 Å². The second-order valence-electron chi connectivity index (χ2n) is 5.56. The molecule has 1 heteroatoms. The van der Waals surface area contributed by atoms with Crippen molar-refractivity contribution in [2.75, 3.05) is 0 Å². The van der Waals surface area contributed by atoms with Gasteiger partial charge in [-0.3, -0.25) is 0 Å². The van der Waals surface area contributed by atoms with Gasteiger partial charge in [0.2, 0.25) is 0 Å². The quantitative estimate of drug-likeness (QED) is 0.363. The standard InChI is InChI=1S/C19H13N.C2H6/c1-2-6-14-12(5-1)9-13-10-17-15-7-3-4-8-18(15)20-19(17)11-16(13)14;1-2/h1-8,10-11,20H,9H2;1-2H3. The number of H-pyrrole nitrogens is 1. The highest BCUT2D eigenvalue weighted by molar-refractivity contribution is 6.09. The van der Waals surface area contributed by atoms with Crippen LogP contribution in [-0.2, 0) is 6.42 Å². The van der Waals surface area contributed by atoms with Crippen LogP contribution in [0.4, 0.5) is 0 Å². The molecule has 0 aliphatic heterocycles. The van der Waals surface area contributed by atoms with Crippen LogP contribution >= 0.6 is 0 Å². The van der Waals surface area contributed by atoms with Gasteiger partial charge in [0.25, 0.3) is 0 Å². The maximum atomic E-state index is 3.54. The summed E-state index contributed by atoms with van der Waals surface area (Å²) in [7, 11) is 0. The topological polar surface area (TPSA) is 15.8 Å². The van der Waals surface area contributed by atoms with Gasteiger partial charge in [0.1, 0.15) is 0 Å². The number of fused-ring (bicyclic) bond motifs is 6. The van der Waals surface area contributed by atoms with Gasteiger partial charge in [0.15, 0.2) is 0 Å². The van der Waals surface area contributed by atoms with E-state index in [-0.39, 0.29) is 0 Å². The normalized spacial score (nSPS) is 11.9. The molecule has 5 rings (SSSR count). The molecule has 1 nitrogen and oxygen atoms in total. The van der Waals surface area contributed by atoms with E-state index in [1.807, 2.05) is 13.8 Å². The first kappa shape index (κ1) is 13.1. The molecule has 0 radical (unpaired) electrons. The van der Waals surface area contributed by atoms with E-state index in [1.54, 1.807) is 0 Å². The third-order valence-corrected chi connectivity index (χ3v) is 4.42. The summed E-state index contributed by atoms with van der Waals surface area (Å²) < 4.78 is 0. The predicted octanol–water partition coefficient (Wildman–Crippen LogP) is 5.92. The number of benzene rings is 3. The lowest BCUT2D eigenvalue weighted by atomic mass is 10.0. The van der Waals surface area contributed by atoms with Crippen LogP contribution in [0.15, 0.2) is 60.7 Å². The van der Waals surface area contributed by atoms with Gasteiger partial charge in [-0.1, -0.05) is 56.3 Å². The van der Waals surface area contributed by atoms with Gasteiger partial charge in [-0.15, -0.1) is 0 Å². The number of rotatable bonds is 0. The van der Waals surface area contributed by atoms with E-state index < -0.39 is 0 Å². The Bertz CT molecular complexity index is 976. The summed E-state index contributed by atoms with van der Waals surface area (Å²) in [6, 6.07) is 21.9. The van der Waals surface area contributed by atoms with E-state index in [0.29, 0.717) is 0 Å². The first-order valence-corrected chi connectivity index (χ1v) is 8.02. The third-order valence-electron chi connectivity index (χ3n) is 4.42. The minimum Gasteiger partial charge on any atom is -0.354 e. The highest BCUT2D eigenvalue weighted by Gasteiger charge is 2.19. The summed E-state index contributed by atoms with van der Waals surface area (Å²) in [5, 5.41) is 2.66. The molecule has 0 unspecified atom stereocenters. The zero-order valence-corrected chi connectivity index (χ0v) is 13.0. The highest BCUT2D eigenvalue weighted by atomic mass is 14.7. The lowest BCUT2D eigenvalue weighted by Crippen LogP contribution is -1.80. The maximum Gasteiger partial charge on any atom is 0.0471 e. The van der Waals surface area contributed by atoms with Gasteiger partial charge in [-0.25, -0.2) is 0 Å². The Hall–Kier alpha value is -2.54. The SMILES string of the molecule is CC.c1ccc2c(c1)Cc1cc3c(cc1-2)[nH]c1ccccc13. The van der Waals surface area contributed by atoms with Crippen molar-refractivity contribution in [3.05, 3.63) is 71.8 Å². The van der Waals surface area contributed by atoms with Crippen LogP contribution in [0, 0.1) is 0 Å². The van der Waals surface area contributed by atoms with Crippen LogP contribution in [0.2, 0.25) is 0 Å². The molecule has 0 bridgehead atoms. The zero-order chi connectivity index (χ0) is 15.1. The molecule has 0 saturated heterocycles. The van der Waals surface area contributed by atoms with E-state index >= 15 is 0 Å². The molecule has 3 aromatic carbocycles. The number of aromatic amines is 1. The molecule has 1 aromatic heterocycles. The van der Waals surface area contributed by atoms with E-state index in [2.05, 4.69) is 65.6 Å². The Morgan fingerprint density at radius 1 is 0.682 bits per heavy atom. The molecular formula is C21H19N. The monoisotopic (exact) mass is 285 g/mol. The molecule has 4 aromatic rings. The first-order valence-electron chi connectivity index (χ1n) is 8.02. The predicted molar refractivity (Wildman–Crippen MR) is 95.4 cm³/mol. The van der Waals surface area contributed by atoms with Crippen molar-refractivity contribution < 1.29 is 0 Å². The van der Waals surface area contributed by atoms with Crippen molar-refractivity contribution in [1.29, 1.82) is 0 Å². The first-order chi connectivity index (χ1) is 10.9. The van der Waals surface area contributed by atoms with Gasteiger partial charge in [-0.05, 0) is 46.9 Å². The van der Waals surface area contributed by atoms with Crippen LogP contribution < -0.4 is 0 Å². The van der Waals surface area contributed by atoms with Gasteiger partial charge in [-0.2, -0.15) is 0 Å². The van der Waals surface area contributed by atoms with Crippen LogP contribution in [0.25, 0.3) is 32.9 Å². The number of para-hydroxylation sites is 1. The molecule has 0 saturated carbocycles. The maximum absolute atomic E-state index is 3.54. The average Bonchev–Trinajstić information content (AvgIpc) is 3.12. The average molecular weight is 285 g/mol. The minimum atomic E-state index is 1.06. The Morgan fingerprint density at radius 2 is 1.45 bits per heavy atom. The van der Waals surface area contributed by atoms with Crippen LogP contribution in [0.1, 0.15) is 25.0 Å². The van der Waals surface area contributed by atoms with Crippen molar-refractivity contribution >= 4 is 21.8 Å². The van der Waals surface area contributed by atoms with Gasteiger partial charge in [0, 0.05) is 21.8 Å². The smallest absolute Gasteiger partial charge is 0.0471 e. The molecule has 0 atom stereocenters. The summed E-state index contributed by atoms with van der Waals surface area (Å²) in [5.74, 6) is 0. The van der Waals surface area contributed by atoms with E-state index in [9.17, 15) is 0 Å². The van der Waals surface area contributed by atoms with Crippen molar-refractivity contribution in [3.8, 4) is 11.1 Å². The number of aromatic nitrogens is 1. The third kappa shape index (κ3) is 1.79. The fourth-order valence-corrected chi connectivity index (χ4v) is 3.48. The summed E-state index contributed by atoms with van der Waals surface area (Å²) >= 11 is 0. The highest BCUT2D eigenvalue weighted by Crippen LogP contribution is 2.40. The lowest BCUT2D eigenvalue weighted by Gasteiger charge is -2.01. The van der Waals surface area contributed by atoms with E-state index in [4.69, 9.17) is 0 Å². The molecule has 1 N–H and O–H groups in total. The summed E-state index contributed by atoms with van der Waals surface area (Å²) in [6.07, 6.45) is 1.06. The Balaban J connectivity index is 0.000000602.